The predicted octanol–water partition coefficient (Wildman–Crippen LogP) is 2.47. The molecule has 0 saturated heterocycles. The summed E-state index contributed by atoms with van der Waals surface area (Å²) >= 11 is 1.60. The number of amides is 2. The van der Waals surface area contributed by atoms with Gasteiger partial charge in [-0.1, -0.05) is 12.1 Å². The molecule has 2 heterocycles. The summed E-state index contributed by atoms with van der Waals surface area (Å²) in [5, 5.41) is 0. The van der Waals surface area contributed by atoms with Gasteiger partial charge in [-0.05, 0) is 24.3 Å². The molecule has 0 bridgehead atoms. The Morgan fingerprint density at radius 1 is 0.950 bits per heavy atom. The molecule has 100 valence electrons. The lowest BCUT2D eigenvalue weighted by Gasteiger charge is -2.13. The zero-order chi connectivity index (χ0) is 13.9. The quantitative estimate of drug-likeness (QED) is 0.639. The monoisotopic (exact) mass is 284 g/mol. The molecular formula is C15H12N2O2S. The van der Waals surface area contributed by atoms with Gasteiger partial charge in [0.1, 0.15) is 0 Å². The summed E-state index contributed by atoms with van der Waals surface area (Å²) in [6.07, 6.45) is 3.45. The first-order valence-electron chi connectivity index (χ1n) is 6.25. The Morgan fingerprint density at radius 2 is 1.55 bits per heavy atom. The molecule has 0 N–H and O–H groups in total. The van der Waals surface area contributed by atoms with Crippen molar-refractivity contribution in [2.24, 2.45) is 0 Å². The number of nitrogens with zero attached hydrogens (tertiary/aromatic N) is 2. The second kappa shape index (κ2) is 5.46. The summed E-state index contributed by atoms with van der Waals surface area (Å²) < 4.78 is 0. The van der Waals surface area contributed by atoms with Gasteiger partial charge in [0.15, 0.2) is 0 Å². The average molecular weight is 284 g/mol. The molecule has 20 heavy (non-hydrogen) atoms. The van der Waals surface area contributed by atoms with Crippen molar-refractivity contribution in [1.29, 1.82) is 0 Å². The van der Waals surface area contributed by atoms with E-state index in [9.17, 15) is 9.59 Å². The number of thioether (sulfide) groups is 1. The second-order valence-corrected chi connectivity index (χ2v) is 5.51. The molecule has 0 unspecified atom stereocenters. The minimum atomic E-state index is -0.194. The van der Waals surface area contributed by atoms with E-state index in [1.807, 2.05) is 12.1 Å². The Balaban J connectivity index is 1.65. The van der Waals surface area contributed by atoms with Gasteiger partial charge < -0.3 is 0 Å². The fraction of sp³-hybridized carbons (Fsp3) is 0.133. The summed E-state index contributed by atoms with van der Waals surface area (Å²) in [5.74, 6) is 0.289. The highest BCUT2D eigenvalue weighted by Crippen LogP contribution is 2.23. The molecule has 0 atom stereocenters. The van der Waals surface area contributed by atoms with Crippen LogP contribution < -0.4 is 0 Å². The van der Waals surface area contributed by atoms with Gasteiger partial charge in [0.2, 0.25) is 0 Å². The molecule has 0 fully saturated rings. The molecule has 2 aromatic rings. The Morgan fingerprint density at radius 3 is 2.15 bits per heavy atom. The number of benzene rings is 1. The van der Waals surface area contributed by atoms with Crippen molar-refractivity contribution >= 4 is 23.6 Å². The number of imide groups is 1. The Bertz CT molecular complexity index is 623. The number of pyridine rings is 1. The molecule has 0 radical (unpaired) electrons. The van der Waals surface area contributed by atoms with E-state index in [0.29, 0.717) is 23.4 Å². The third kappa shape index (κ3) is 2.32. The van der Waals surface area contributed by atoms with Crippen LogP contribution in [0.4, 0.5) is 0 Å². The molecule has 0 aliphatic carbocycles. The highest BCUT2D eigenvalue weighted by atomic mass is 32.2. The van der Waals surface area contributed by atoms with Crippen molar-refractivity contribution in [1.82, 2.24) is 9.88 Å². The fourth-order valence-corrected chi connectivity index (χ4v) is 2.96. The third-order valence-corrected chi connectivity index (χ3v) is 4.10. The van der Waals surface area contributed by atoms with Crippen LogP contribution in [0.3, 0.4) is 0 Å². The molecule has 0 saturated carbocycles. The molecule has 1 aliphatic heterocycles. The zero-order valence-electron chi connectivity index (χ0n) is 10.7. The molecule has 3 rings (SSSR count). The van der Waals surface area contributed by atoms with Crippen molar-refractivity contribution in [2.75, 3.05) is 12.3 Å². The van der Waals surface area contributed by atoms with Gasteiger partial charge in [-0.2, -0.15) is 0 Å². The highest BCUT2D eigenvalue weighted by molar-refractivity contribution is 7.99. The maximum Gasteiger partial charge on any atom is 0.261 e. The topological polar surface area (TPSA) is 50.3 Å². The van der Waals surface area contributed by atoms with Gasteiger partial charge in [-0.15, -0.1) is 11.8 Å². The van der Waals surface area contributed by atoms with Crippen LogP contribution in [-0.4, -0.2) is 34.0 Å². The lowest BCUT2D eigenvalue weighted by molar-refractivity contribution is 0.0664. The zero-order valence-corrected chi connectivity index (χ0v) is 11.5. The van der Waals surface area contributed by atoms with Crippen LogP contribution in [0.5, 0.6) is 0 Å². The standard InChI is InChI=1S/C15H12N2O2S/c18-14-12-3-1-2-4-13(12)15(19)17(14)9-10-20-11-5-7-16-8-6-11/h1-8H,9-10H2. The highest BCUT2D eigenvalue weighted by Gasteiger charge is 2.34. The van der Waals surface area contributed by atoms with Crippen molar-refractivity contribution in [2.45, 2.75) is 4.90 Å². The molecule has 1 aromatic heterocycles. The maximum atomic E-state index is 12.1. The Hall–Kier alpha value is -2.14. The molecule has 5 heteroatoms. The van der Waals surface area contributed by atoms with Crippen molar-refractivity contribution in [3.63, 3.8) is 0 Å². The van der Waals surface area contributed by atoms with Crippen LogP contribution in [0.2, 0.25) is 0 Å². The van der Waals surface area contributed by atoms with Crippen molar-refractivity contribution in [3.05, 3.63) is 59.9 Å². The molecular weight excluding hydrogens is 272 g/mol. The number of hydrogen-bond donors (Lipinski definition) is 0. The number of aromatic nitrogens is 1. The van der Waals surface area contributed by atoms with E-state index in [1.165, 1.54) is 4.90 Å². The van der Waals surface area contributed by atoms with Gasteiger partial charge in [0.25, 0.3) is 11.8 Å². The normalized spacial score (nSPS) is 13.7. The minimum absolute atomic E-state index is 0.194. The Kier molecular flexibility index (Phi) is 3.52. The van der Waals surface area contributed by atoms with Crippen LogP contribution in [0, 0.1) is 0 Å². The summed E-state index contributed by atoms with van der Waals surface area (Å²) in [5.41, 5.74) is 1.01. The number of rotatable bonds is 4. The number of carbonyl (C=O) groups excluding carboxylic acids is 2. The first-order valence-corrected chi connectivity index (χ1v) is 7.24. The van der Waals surface area contributed by atoms with Crippen molar-refractivity contribution in [3.8, 4) is 0 Å². The molecule has 1 aliphatic rings. The smallest absolute Gasteiger partial charge is 0.261 e. The van der Waals surface area contributed by atoms with Gasteiger partial charge in [0, 0.05) is 29.6 Å². The van der Waals surface area contributed by atoms with Crippen LogP contribution in [0.25, 0.3) is 0 Å². The summed E-state index contributed by atoms with van der Waals surface area (Å²) in [6, 6.07) is 10.8. The summed E-state index contributed by atoms with van der Waals surface area (Å²) in [7, 11) is 0. The first-order chi connectivity index (χ1) is 9.77. The van der Waals surface area contributed by atoms with E-state index in [0.717, 1.165) is 4.90 Å². The molecule has 1 aromatic carbocycles. The maximum absolute atomic E-state index is 12.1. The number of hydrogen-bond acceptors (Lipinski definition) is 4. The van der Waals surface area contributed by atoms with Gasteiger partial charge in [-0.3, -0.25) is 19.5 Å². The van der Waals surface area contributed by atoms with E-state index in [1.54, 1.807) is 48.4 Å². The van der Waals surface area contributed by atoms with Crippen molar-refractivity contribution < 1.29 is 9.59 Å². The number of carbonyl (C=O) groups is 2. The largest absolute Gasteiger partial charge is 0.273 e. The molecule has 4 nitrogen and oxygen atoms in total. The predicted molar refractivity (Wildman–Crippen MR) is 76.8 cm³/mol. The SMILES string of the molecule is O=C1c2ccccc2C(=O)N1CCSc1ccncc1. The van der Waals surface area contributed by atoms with E-state index in [4.69, 9.17) is 0 Å². The van der Waals surface area contributed by atoms with E-state index < -0.39 is 0 Å². The summed E-state index contributed by atoms with van der Waals surface area (Å²) in [6.45, 7) is 0.416. The van der Waals surface area contributed by atoms with Crippen LogP contribution in [-0.2, 0) is 0 Å². The lowest BCUT2D eigenvalue weighted by atomic mass is 10.1. The van der Waals surface area contributed by atoms with E-state index >= 15 is 0 Å². The van der Waals surface area contributed by atoms with E-state index in [-0.39, 0.29) is 11.8 Å². The summed E-state index contributed by atoms with van der Waals surface area (Å²) in [4.78, 5) is 30.6. The Labute approximate surface area is 120 Å². The van der Waals surface area contributed by atoms with Crippen LogP contribution in [0.15, 0.2) is 53.7 Å². The third-order valence-electron chi connectivity index (χ3n) is 3.11. The first kappa shape index (κ1) is 12.9. The second-order valence-electron chi connectivity index (χ2n) is 4.34. The van der Waals surface area contributed by atoms with Crippen LogP contribution >= 0.6 is 11.8 Å². The molecule has 2 amide bonds. The number of fused-ring (bicyclic) bond motifs is 1. The molecule has 0 spiro atoms. The van der Waals surface area contributed by atoms with Gasteiger partial charge in [0.05, 0.1) is 11.1 Å². The van der Waals surface area contributed by atoms with Gasteiger partial charge >= 0.3 is 0 Å². The minimum Gasteiger partial charge on any atom is -0.273 e. The van der Waals surface area contributed by atoms with E-state index in [2.05, 4.69) is 4.98 Å². The average Bonchev–Trinajstić information content (AvgIpc) is 2.74. The van der Waals surface area contributed by atoms with Crippen LogP contribution in [0.1, 0.15) is 20.7 Å². The fourth-order valence-electron chi connectivity index (χ4n) is 2.13. The van der Waals surface area contributed by atoms with Gasteiger partial charge in [-0.25, -0.2) is 0 Å². The lowest BCUT2D eigenvalue weighted by Crippen LogP contribution is -2.31.